The second kappa shape index (κ2) is 15.8. The standard InChI is InChI=1S/C23H37FO2/c1-2-3-4-5-6-7-8-9-10-11-12-13-14-15-20-26-23(25)21-16-18-22(24)19-17-21/h16-19H,2-15,20H2,1H3/i24-1. The molecule has 0 radical (unpaired) electrons. The van der Waals surface area contributed by atoms with Crippen LogP contribution in [0.1, 0.15) is 107 Å². The number of esters is 1. The van der Waals surface area contributed by atoms with Crippen LogP contribution in [0.3, 0.4) is 0 Å². The maximum atomic E-state index is 12.8. The average Bonchev–Trinajstić information content (AvgIpc) is 2.65. The summed E-state index contributed by atoms with van der Waals surface area (Å²) in [5.74, 6) is -0.701. The van der Waals surface area contributed by atoms with Gasteiger partial charge in [-0.1, -0.05) is 90.4 Å². The Morgan fingerprint density at radius 1 is 0.731 bits per heavy atom. The second-order valence-corrected chi connectivity index (χ2v) is 7.24. The molecular weight excluding hydrogens is 326 g/mol. The van der Waals surface area contributed by atoms with Crippen molar-refractivity contribution in [1.29, 1.82) is 0 Å². The lowest BCUT2D eigenvalue weighted by Crippen LogP contribution is -2.06. The summed E-state index contributed by atoms with van der Waals surface area (Å²) in [6.07, 6.45) is 18.3. The summed E-state index contributed by atoms with van der Waals surface area (Å²) < 4.78 is 18.0. The lowest BCUT2D eigenvalue weighted by atomic mass is 10.0. The Bertz CT molecular complexity index is 456. The zero-order chi connectivity index (χ0) is 18.9. The Morgan fingerprint density at radius 2 is 1.15 bits per heavy atom. The fourth-order valence-electron chi connectivity index (χ4n) is 3.13. The minimum atomic E-state index is -0.361. The van der Waals surface area contributed by atoms with E-state index in [0.717, 1.165) is 12.8 Å². The van der Waals surface area contributed by atoms with Gasteiger partial charge in [-0.15, -0.1) is 0 Å². The number of hydrogen-bond donors (Lipinski definition) is 0. The van der Waals surface area contributed by atoms with Gasteiger partial charge in [0.25, 0.3) is 0 Å². The molecule has 0 N–H and O–H groups in total. The van der Waals surface area contributed by atoms with Gasteiger partial charge in [0.15, 0.2) is 0 Å². The molecule has 0 saturated carbocycles. The summed E-state index contributed by atoms with van der Waals surface area (Å²) in [6.45, 7) is 2.72. The van der Waals surface area contributed by atoms with E-state index in [1.165, 1.54) is 101 Å². The summed E-state index contributed by atoms with van der Waals surface area (Å²) in [5.41, 5.74) is 0.414. The van der Waals surface area contributed by atoms with Crippen LogP contribution in [0.15, 0.2) is 24.3 Å². The SMILES string of the molecule is CCCCCCCCCCCCCCCCOC(=O)c1ccc([18F])cc1. The van der Waals surface area contributed by atoms with E-state index >= 15 is 0 Å². The van der Waals surface area contributed by atoms with Crippen LogP contribution in [-0.2, 0) is 4.74 Å². The molecule has 0 spiro atoms. The molecule has 0 aliphatic heterocycles. The lowest BCUT2D eigenvalue weighted by Gasteiger charge is -2.05. The largest absolute Gasteiger partial charge is 0.462 e. The highest BCUT2D eigenvalue weighted by Crippen LogP contribution is 2.13. The van der Waals surface area contributed by atoms with Crippen LogP contribution >= 0.6 is 0 Å². The molecular formula is C23H37FO2. The van der Waals surface area contributed by atoms with Gasteiger partial charge in [0.05, 0.1) is 12.2 Å². The highest BCUT2D eigenvalue weighted by molar-refractivity contribution is 5.89. The van der Waals surface area contributed by atoms with Crippen molar-refractivity contribution >= 4 is 5.97 Å². The summed E-state index contributed by atoms with van der Waals surface area (Å²) >= 11 is 0. The zero-order valence-electron chi connectivity index (χ0n) is 16.6. The molecule has 0 fully saturated rings. The van der Waals surface area contributed by atoms with Gasteiger partial charge in [-0.2, -0.15) is 0 Å². The summed E-state index contributed by atoms with van der Waals surface area (Å²) in [6, 6.07) is 5.48. The minimum Gasteiger partial charge on any atom is -0.462 e. The van der Waals surface area contributed by atoms with Crippen molar-refractivity contribution in [3.8, 4) is 0 Å². The average molecular weight is 364 g/mol. The van der Waals surface area contributed by atoms with Gasteiger partial charge in [-0.05, 0) is 30.7 Å². The van der Waals surface area contributed by atoms with Crippen molar-refractivity contribution in [3.05, 3.63) is 35.6 Å². The van der Waals surface area contributed by atoms with Crippen molar-refractivity contribution in [2.24, 2.45) is 0 Å². The number of carbonyl (C=O) groups excluding carboxylic acids is 1. The first kappa shape index (κ1) is 22.7. The molecule has 2 nitrogen and oxygen atoms in total. The molecule has 0 amide bonds. The highest BCUT2D eigenvalue weighted by atomic mass is 18.2. The quantitative estimate of drug-likeness (QED) is 0.225. The van der Waals surface area contributed by atoms with Crippen molar-refractivity contribution < 1.29 is 13.9 Å². The zero-order valence-corrected chi connectivity index (χ0v) is 16.6. The van der Waals surface area contributed by atoms with E-state index in [1.54, 1.807) is 0 Å². The fourth-order valence-corrected chi connectivity index (χ4v) is 3.13. The number of rotatable bonds is 16. The maximum Gasteiger partial charge on any atom is 0.338 e. The van der Waals surface area contributed by atoms with Crippen molar-refractivity contribution in [1.82, 2.24) is 0 Å². The second-order valence-electron chi connectivity index (χ2n) is 7.24. The van der Waals surface area contributed by atoms with Gasteiger partial charge >= 0.3 is 5.97 Å². The molecule has 0 bridgehead atoms. The Morgan fingerprint density at radius 3 is 1.62 bits per heavy atom. The van der Waals surface area contributed by atoms with Crippen molar-refractivity contribution in [3.63, 3.8) is 0 Å². The van der Waals surface area contributed by atoms with Crippen molar-refractivity contribution in [2.45, 2.75) is 96.8 Å². The van der Waals surface area contributed by atoms with Crippen LogP contribution in [0, 0.1) is 5.82 Å². The van der Waals surface area contributed by atoms with Crippen LogP contribution in [-0.4, -0.2) is 12.6 Å². The molecule has 1 rings (SSSR count). The molecule has 0 atom stereocenters. The van der Waals surface area contributed by atoms with Gasteiger partial charge in [0, 0.05) is 0 Å². The Labute approximate surface area is 159 Å². The molecule has 0 aliphatic rings. The molecule has 26 heavy (non-hydrogen) atoms. The van der Waals surface area contributed by atoms with E-state index in [0.29, 0.717) is 12.2 Å². The van der Waals surface area contributed by atoms with E-state index in [2.05, 4.69) is 6.92 Å². The molecule has 3 heteroatoms. The molecule has 0 aliphatic carbocycles. The van der Waals surface area contributed by atoms with E-state index in [1.807, 2.05) is 0 Å². The molecule has 0 saturated heterocycles. The van der Waals surface area contributed by atoms with Crippen LogP contribution in [0.5, 0.6) is 0 Å². The van der Waals surface area contributed by atoms with Gasteiger partial charge in [0.2, 0.25) is 0 Å². The molecule has 148 valence electrons. The van der Waals surface area contributed by atoms with E-state index < -0.39 is 0 Å². The highest BCUT2D eigenvalue weighted by Gasteiger charge is 2.06. The molecule has 0 heterocycles. The number of carbonyl (C=O) groups is 1. The minimum absolute atomic E-state index is 0.339. The molecule has 0 aromatic heterocycles. The molecule has 0 unspecified atom stereocenters. The third-order valence-electron chi connectivity index (χ3n) is 4.81. The van der Waals surface area contributed by atoms with Crippen LogP contribution < -0.4 is 0 Å². The normalized spacial score (nSPS) is 10.8. The van der Waals surface area contributed by atoms with Crippen LogP contribution in [0.25, 0.3) is 0 Å². The fraction of sp³-hybridized carbons (Fsp3) is 0.696. The van der Waals surface area contributed by atoms with Gasteiger partial charge in [-0.25, -0.2) is 9.18 Å². The Kier molecular flexibility index (Phi) is 13.8. The predicted octanol–water partition coefficient (Wildman–Crippen LogP) is 7.46. The first-order valence-corrected chi connectivity index (χ1v) is 10.7. The van der Waals surface area contributed by atoms with E-state index in [4.69, 9.17) is 4.74 Å². The van der Waals surface area contributed by atoms with Crippen LogP contribution in [0.4, 0.5) is 4.39 Å². The van der Waals surface area contributed by atoms with Gasteiger partial charge < -0.3 is 4.74 Å². The number of halogens is 1. The third kappa shape index (κ3) is 12.1. The lowest BCUT2D eigenvalue weighted by molar-refractivity contribution is 0.0497. The number of benzene rings is 1. The molecule has 1 aromatic carbocycles. The third-order valence-corrected chi connectivity index (χ3v) is 4.81. The van der Waals surface area contributed by atoms with Gasteiger partial charge in [0.1, 0.15) is 5.82 Å². The van der Waals surface area contributed by atoms with E-state index in [-0.39, 0.29) is 11.8 Å². The smallest absolute Gasteiger partial charge is 0.338 e. The topological polar surface area (TPSA) is 26.3 Å². The van der Waals surface area contributed by atoms with Crippen LogP contribution in [0.2, 0.25) is 0 Å². The van der Waals surface area contributed by atoms with Crippen molar-refractivity contribution in [2.75, 3.05) is 6.61 Å². The summed E-state index contributed by atoms with van der Waals surface area (Å²) in [7, 11) is 0. The number of hydrogen-bond acceptors (Lipinski definition) is 2. The van der Waals surface area contributed by atoms with Gasteiger partial charge in [-0.3, -0.25) is 0 Å². The molecule has 1 aromatic rings. The number of unbranched alkanes of at least 4 members (excludes halogenated alkanes) is 13. The Hall–Kier alpha value is -1.38. The summed E-state index contributed by atoms with van der Waals surface area (Å²) in [5, 5.41) is 0. The summed E-state index contributed by atoms with van der Waals surface area (Å²) in [4.78, 5) is 11.7. The van der Waals surface area contributed by atoms with E-state index in [9.17, 15) is 9.18 Å². The number of ether oxygens (including phenoxy) is 1. The first-order valence-electron chi connectivity index (χ1n) is 10.7. The Balaban J connectivity index is 1.82. The first-order chi connectivity index (χ1) is 12.7. The maximum absolute atomic E-state index is 12.8. The predicted molar refractivity (Wildman–Crippen MR) is 107 cm³/mol. The monoisotopic (exact) mass is 363 g/mol.